The van der Waals surface area contributed by atoms with Gasteiger partial charge in [0.15, 0.2) is 5.17 Å². The molecule has 1 saturated heterocycles. The quantitative estimate of drug-likeness (QED) is 0.909. The third kappa shape index (κ3) is 2.56. The van der Waals surface area contributed by atoms with Crippen molar-refractivity contribution < 1.29 is 4.79 Å². The van der Waals surface area contributed by atoms with E-state index < -0.39 is 4.75 Å². The van der Waals surface area contributed by atoms with Crippen LogP contribution in [0.4, 0.5) is 0 Å². The van der Waals surface area contributed by atoms with Gasteiger partial charge in [-0.25, -0.2) is 0 Å². The lowest BCUT2D eigenvalue weighted by molar-refractivity contribution is -0.122. The molecular weight excluding hydrogens is 246 g/mol. The summed E-state index contributed by atoms with van der Waals surface area (Å²) in [6, 6.07) is 3.85. The van der Waals surface area contributed by atoms with Crippen LogP contribution in [0.3, 0.4) is 0 Å². The number of aromatic nitrogens is 1. The summed E-state index contributed by atoms with van der Waals surface area (Å²) in [5, 5.41) is 3.57. The Bertz CT molecular complexity index is 472. The van der Waals surface area contributed by atoms with Gasteiger partial charge in [-0.15, -0.1) is 0 Å². The molecular formula is C13H17N3OS. The Morgan fingerprint density at radius 2 is 2.11 bits per heavy atom. The van der Waals surface area contributed by atoms with Crippen LogP contribution in [-0.2, 0) is 11.3 Å². The maximum atomic E-state index is 11.9. The Morgan fingerprint density at radius 1 is 1.44 bits per heavy atom. The Labute approximate surface area is 111 Å². The molecule has 0 aliphatic carbocycles. The van der Waals surface area contributed by atoms with E-state index in [1.165, 1.54) is 11.8 Å². The van der Waals surface area contributed by atoms with Crippen molar-refractivity contribution in [1.29, 1.82) is 0 Å². The van der Waals surface area contributed by atoms with E-state index in [1.807, 2.05) is 19.1 Å². The van der Waals surface area contributed by atoms with Gasteiger partial charge in [-0.3, -0.25) is 14.8 Å². The third-order valence-electron chi connectivity index (χ3n) is 3.24. The largest absolute Gasteiger partial charge is 0.304 e. The van der Waals surface area contributed by atoms with E-state index in [-0.39, 0.29) is 11.8 Å². The maximum absolute atomic E-state index is 11.9. The van der Waals surface area contributed by atoms with E-state index in [1.54, 1.807) is 12.4 Å². The molecule has 1 aliphatic rings. The fraction of sp³-hybridized carbons (Fsp3) is 0.462. The molecule has 0 radical (unpaired) electrons. The molecule has 0 saturated carbocycles. The molecule has 1 aliphatic heterocycles. The number of carbonyl (C=O) groups is 1. The van der Waals surface area contributed by atoms with Crippen LogP contribution in [0.5, 0.6) is 0 Å². The number of hydrogen-bond acceptors (Lipinski definition) is 4. The van der Waals surface area contributed by atoms with Gasteiger partial charge in [0.1, 0.15) is 4.75 Å². The first-order chi connectivity index (χ1) is 8.52. The van der Waals surface area contributed by atoms with E-state index in [0.717, 1.165) is 5.56 Å². The third-order valence-corrected chi connectivity index (χ3v) is 4.74. The predicted octanol–water partition coefficient (Wildman–Crippen LogP) is 2.22. The fourth-order valence-corrected chi connectivity index (χ4v) is 2.65. The lowest BCUT2D eigenvalue weighted by atomic mass is 9.96. The molecule has 0 aromatic carbocycles. The highest BCUT2D eigenvalue weighted by atomic mass is 32.2. The van der Waals surface area contributed by atoms with Crippen molar-refractivity contribution in [1.82, 2.24) is 10.3 Å². The number of thioether (sulfide) groups is 1. The normalized spacial score (nSPS) is 25.8. The highest BCUT2D eigenvalue weighted by molar-refractivity contribution is 8.16. The number of pyridine rings is 1. The van der Waals surface area contributed by atoms with Crippen molar-refractivity contribution in [3.63, 3.8) is 0 Å². The zero-order valence-electron chi connectivity index (χ0n) is 10.8. The second-order valence-corrected chi connectivity index (χ2v) is 6.23. The van der Waals surface area contributed by atoms with E-state index in [4.69, 9.17) is 0 Å². The molecule has 2 rings (SSSR count). The Hall–Kier alpha value is -1.36. The summed E-state index contributed by atoms with van der Waals surface area (Å²) in [6.07, 6.45) is 3.49. The van der Waals surface area contributed by atoms with Gasteiger partial charge in [-0.2, -0.15) is 0 Å². The van der Waals surface area contributed by atoms with Crippen molar-refractivity contribution >= 4 is 22.8 Å². The highest BCUT2D eigenvalue weighted by Gasteiger charge is 2.44. The number of amides is 1. The van der Waals surface area contributed by atoms with Crippen molar-refractivity contribution in [2.24, 2.45) is 10.9 Å². The summed E-state index contributed by atoms with van der Waals surface area (Å²) in [4.78, 5) is 20.3. The summed E-state index contributed by atoms with van der Waals surface area (Å²) in [5.74, 6) is 0.326. The standard InChI is InChI=1S/C13H17N3OS/c1-9(2)13(3)11(17)16-12(18-13)15-8-10-4-6-14-7-5-10/h4-7,9H,8H2,1-3H3,(H,15,16,17)/t13-/m0/s1. The number of carbonyl (C=O) groups excluding carboxylic acids is 1. The van der Waals surface area contributed by atoms with E-state index in [9.17, 15) is 4.79 Å². The van der Waals surface area contributed by atoms with Gasteiger partial charge in [0.2, 0.25) is 5.91 Å². The fourth-order valence-electron chi connectivity index (χ4n) is 1.60. The minimum absolute atomic E-state index is 0.0518. The Kier molecular flexibility index (Phi) is 3.71. The zero-order valence-corrected chi connectivity index (χ0v) is 11.6. The number of nitrogens with zero attached hydrogens (tertiary/aromatic N) is 2. The van der Waals surface area contributed by atoms with Crippen molar-refractivity contribution in [3.05, 3.63) is 30.1 Å². The zero-order chi connectivity index (χ0) is 13.2. The van der Waals surface area contributed by atoms with Crippen LogP contribution >= 0.6 is 11.8 Å². The molecule has 1 aromatic heterocycles. The summed E-state index contributed by atoms with van der Waals surface area (Å²) >= 11 is 1.52. The molecule has 0 spiro atoms. The van der Waals surface area contributed by atoms with Gasteiger partial charge in [0.25, 0.3) is 0 Å². The molecule has 1 aromatic rings. The number of rotatable bonds is 3. The van der Waals surface area contributed by atoms with Gasteiger partial charge < -0.3 is 5.32 Å². The second kappa shape index (κ2) is 5.10. The van der Waals surface area contributed by atoms with E-state index >= 15 is 0 Å². The molecule has 18 heavy (non-hydrogen) atoms. The van der Waals surface area contributed by atoms with Crippen LogP contribution in [0.15, 0.2) is 29.5 Å². The van der Waals surface area contributed by atoms with Crippen molar-refractivity contribution in [3.8, 4) is 0 Å². The van der Waals surface area contributed by atoms with E-state index in [2.05, 4.69) is 29.1 Å². The van der Waals surface area contributed by atoms with Crippen LogP contribution < -0.4 is 5.32 Å². The van der Waals surface area contributed by atoms with Crippen LogP contribution in [0, 0.1) is 5.92 Å². The monoisotopic (exact) mass is 263 g/mol. The predicted molar refractivity (Wildman–Crippen MR) is 74.4 cm³/mol. The minimum Gasteiger partial charge on any atom is -0.304 e. The van der Waals surface area contributed by atoms with Gasteiger partial charge in [0, 0.05) is 12.4 Å². The summed E-state index contributed by atoms with van der Waals surface area (Å²) in [6.45, 7) is 6.64. The average molecular weight is 263 g/mol. The number of nitrogens with one attached hydrogen (secondary N) is 1. The molecule has 4 nitrogen and oxygen atoms in total. The average Bonchev–Trinajstić information content (AvgIpc) is 2.65. The molecule has 1 fully saturated rings. The summed E-state index contributed by atoms with van der Waals surface area (Å²) in [5.41, 5.74) is 1.09. The molecule has 1 N–H and O–H groups in total. The Balaban J connectivity index is 2.07. The first-order valence-electron chi connectivity index (χ1n) is 5.96. The molecule has 2 heterocycles. The minimum atomic E-state index is -0.406. The first kappa shape index (κ1) is 13.1. The summed E-state index contributed by atoms with van der Waals surface area (Å²) in [7, 11) is 0. The van der Waals surface area contributed by atoms with Crippen LogP contribution in [0.25, 0.3) is 0 Å². The topological polar surface area (TPSA) is 54.4 Å². The number of amidine groups is 1. The molecule has 1 amide bonds. The SMILES string of the molecule is CC(C)[C@]1(C)SC(=NCc2ccncc2)NC1=O. The number of hydrogen-bond donors (Lipinski definition) is 1. The number of aliphatic imine (C=N–C) groups is 1. The van der Waals surface area contributed by atoms with Crippen molar-refractivity contribution in [2.75, 3.05) is 0 Å². The molecule has 1 atom stereocenters. The molecule has 0 unspecified atom stereocenters. The van der Waals surface area contributed by atoms with Gasteiger partial charge in [0.05, 0.1) is 6.54 Å². The Morgan fingerprint density at radius 3 is 2.67 bits per heavy atom. The molecule has 96 valence electrons. The molecule has 0 bridgehead atoms. The lowest BCUT2D eigenvalue weighted by Gasteiger charge is -2.22. The van der Waals surface area contributed by atoms with Crippen LogP contribution in [0.1, 0.15) is 26.3 Å². The van der Waals surface area contributed by atoms with Gasteiger partial charge in [-0.1, -0.05) is 25.6 Å². The van der Waals surface area contributed by atoms with Crippen LogP contribution in [0.2, 0.25) is 0 Å². The highest BCUT2D eigenvalue weighted by Crippen LogP contribution is 2.37. The first-order valence-corrected chi connectivity index (χ1v) is 6.78. The van der Waals surface area contributed by atoms with Crippen LogP contribution in [-0.4, -0.2) is 20.8 Å². The van der Waals surface area contributed by atoms with Gasteiger partial charge >= 0.3 is 0 Å². The maximum Gasteiger partial charge on any atom is 0.242 e. The van der Waals surface area contributed by atoms with E-state index in [0.29, 0.717) is 11.7 Å². The lowest BCUT2D eigenvalue weighted by Crippen LogP contribution is -2.38. The summed E-state index contributed by atoms with van der Waals surface area (Å²) < 4.78 is -0.406. The van der Waals surface area contributed by atoms with Crippen molar-refractivity contribution in [2.45, 2.75) is 32.1 Å². The smallest absolute Gasteiger partial charge is 0.242 e. The second-order valence-electron chi connectivity index (χ2n) is 4.79. The molecule has 5 heteroatoms. The van der Waals surface area contributed by atoms with Gasteiger partial charge in [-0.05, 0) is 30.5 Å².